The van der Waals surface area contributed by atoms with Crippen molar-refractivity contribution in [1.82, 2.24) is 5.32 Å². The van der Waals surface area contributed by atoms with E-state index >= 15 is 0 Å². The molecule has 24 heavy (non-hydrogen) atoms. The molecule has 2 aromatic rings. The molecule has 0 heterocycles. The zero-order valence-electron chi connectivity index (χ0n) is 13.2. The molecule has 0 aliphatic carbocycles. The third-order valence-corrected chi connectivity index (χ3v) is 3.56. The zero-order chi connectivity index (χ0) is 17.4. The fourth-order valence-electron chi connectivity index (χ4n) is 2.03. The summed E-state index contributed by atoms with van der Waals surface area (Å²) >= 11 is 6.08. The van der Waals surface area contributed by atoms with Crippen molar-refractivity contribution in [2.45, 2.75) is 13.0 Å². The van der Waals surface area contributed by atoms with Crippen molar-refractivity contribution in [3.63, 3.8) is 0 Å². The normalized spacial score (nSPS) is 11.4. The minimum absolute atomic E-state index is 0.253. The lowest BCUT2D eigenvalue weighted by molar-refractivity contribution is -0.150. The Morgan fingerprint density at radius 3 is 2.42 bits per heavy atom. The van der Waals surface area contributed by atoms with Gasteiger partial charge in [-0.05, 0) is 30.7 Å². The van der Waals surface area contributed by atoms with Crippen LogP contribution in [0.5, 0.6) is 5.75 Å². The SMILES string of the molecule is C[C@H](NC(=O)COC(=O)COc1ccccc1)c1ccccc1Cl. The van der Waals surface area contributed by atoms with Gasteiger partial charge in [-0.2, -0.15) is 0 Å². The van der Waals surface area contributed by atoms with E-state index in [0.29, 0.717) is 10.8 Å². The molecular formula is C18H18ClNO4. The molecule has 0 saturated heterocycles. The van der Waals surface area contributed by atoms with E-state index in [9.17, 15) is 9.59 Å². The molecule has 0 aromatic heterocycles. The molecule has 1 atom stereocenters. The van der Waals surface area contributed by atoms with Crippen LogP contribution >= 0.6 is 11.6 Å². The minimum Gasteiger partial charge on any atom is -0.482 e. The fourth-order valence-corrected chi connectivity index (χ4v) is 2.33. The summed E-state index contributed by atoms with van der Waals surface area (Å²) in [6, 6.07) is 15.8. The number of nitrogens with one attached hydrogen (secondary N) is 1. The number of hydrogen-bond donors (Lipinski definition) is 1. The van der Waals surface area contributed by atoms with Crippen molar-refractivity contribution in [2.24, 2.45) is 0 Å². The third kappa shape index (κ3) is 5.59. The number of rotatable bonds is 7. The summed E-state index contributed by atoms with van der Waals surface area (Å²) in [5, 5.41) is 3.29. The van der Waals surface area contributed by atoms with Crippen LogP contribution in [0, 0.1) is 0 Å². The molecule has 0 unspecified atom stereocenters. The van der Waals surface area contributed by atoms with Gasteiger partial charge in [0.2, 0.25) is 0 Å². The van der Waals surface area contributed by atoms with Gasteiger partial charge in [0, 0.05) is 5.02 Å². The van der Waals surface area contributed by atoms with Crippen molar-refractivity contribution < 1.29 is 19.1 Å². The summed E-state index contributed by atoms with van der Waals surface area (Å²) in [6.07, 6.45) is 0. The number of esters is 1. The number of ether oxygens (including phenoxy) is 2. The molecule has 0 spiro atoms. The van der Waals surface area contributed by atoms with Gasteiger partial charge in [-0.25, -0.2) is 4.79 Å². The summed E-state index contributed by atoms with van der Waals surface area (Å²) in [4.78, 5) is 23.4. The molecule has 0 aliphatic rings. The number of hydrogen-bond acceptors (Lipinski definition) is 4. The first-order chi connectivity index (χ1) is 11.6. The summed E-state index contributed by atoms with van der Waals surface area (Å²) in [7, 11) is 0. The van der Waals surface area contributed by atoms with Crippen LogP contribution in [0.15, 0.2) is 54.6 Å². The van der Waals surface area contributed by atoms with Gasteiger partial charge < -0.3 is 14.8 Å². The van der Waals surface area contributed by atoms with Gasteiger partial charge >= 0.3 is 5.97 Å². The first-order valence-electron chi connectivity index (χ1n) is 7.43. The Labute approximate surface area is 145 Å². The van der Waals surface area contributed by atoms with Crippen LogP contribution in [0.1, 0.15) is 18.5 Å². The lowest BCUT2D eigenvalue weighted by Crippen LogP contribution is -2.32. The zero-order valence-corrected chi connectivity index (χ0v) is 14.0. The second kappa shape index (κ2) is 8.93. The van der Waals surface area contributed by atoms with E-state index in [1.807, 2.05) is 24.3 Å². The van der Waals surface area contributed by atoms with E-state index in [4.69, 9.17) is 21.1 Å². The van der Waals surface area contributed by atoms with Crippen LogP contribution in [0.2, 0.25) is 5.02 Å². The number of amides is 1. The molecule has 2 rings (SSSR count). The van der Waals surface area contributed by atoms with Crippen LogP contribution in [0.25, 0.3) is 0 Å². The molecule has 0 fully saturated rings. The molecular weight excluding hydrogens is 330 g/mol. The van der Waals surface area contributed by atoms with E-state index in [1.165, 1.54) is 0 Å². The monoisotopic (exact) mass is 347 g/mol. The molecule has 126 valence electrons. The van der Waals surface area contributed by atoms with E-state index in [0.717, 1.165) is 5.56 Å². The van der Waals surface area contributed by atoms with E-state index in [1.54, 1.807) is 37.3 Å². The molecule has 2 aromatic carbocycles. The van der Waals surface area contributed by atoms with Crippen LogP contribution in [0.3, 0.4) is 0 Å². The highest BCUT2D eigenvalue weighted by atomic mass is 35.5. The van der Waals surface area contributed by atoms with Gasteiger partial charge in [-0.1, -0.05) is 48.0 Å². The third-order valence-electron chi connectivity index (χ3n) is 3.21. The highest BCUT2D eigenvalue weighted by molar-refractivity contribution is 6.31. The van der Waals surface area contributed by atoms with Gasteiger partial charge in [0.15, 0.2) is 13.2 Å². The first kappa shape index (κ1) is 17.8. The van der Waals surface area contributed by atoms with Crippen LogP contribution in [0.4, 0.5) is 0 Å². The highest BCUT2D eigenvalue weighted by Crippen LogP contribution is 2.21. The van der Waals surface area contributed by atoms with Gasteiger partial charge in [0.05, 0.1) is 6.04 Å². The lowest BCUT2D eigenvalue weighted by Gasteiger charge is -2.15. The first-order valence-corrected chi connectivity index (χ1v) is 7.81. The summed E-state index contributed by atoms with van der Waals surface area (Å²) < 4.78 is 10.1. The maximum Gasteiger partial charge on any atom is 0.344 e. The lowest BCUT2D eigenvalue weighted by atomic mass is 10.1. The maximum atomic E-state index is 11.8. The minimum atomic E-state index is -0.612. The molecule has 5 nitrogen and oxygen atoms in total. The second-order valence-corrected chi connectivity index (χ2v) is 5.48. The average Bonchev–Trinajstić information content (AvgIpc) is 2.59. The van der Waals surface area contributed by atoms with E-state index < -0.39 is 11.9 Å². The number of carbonyl (C=O) groups excluding carboxylic acids is 2. The van der Waals surface area contributed by atoms with Gasteiger partial charge in [0.1, 0.15) is 5.75 Å². The Morgan fingerprint density at radius 2 is 1.71 bits per heavy atom. The predicted octanol–water partition coefficient (Wildman–Crippen LogP) is 3.14. The standard InChI is InChI=1S/C18H18ClNO4/c1-13(15-9-5-6-10-16(15)19)20-17(21)11-24-18(22)12-23-14-7-3-2-4-8-14/h2-10,13H,11-12H2,1H3,(H,20,21)/t13-/m0/s1. The Bertz CT molecular complexity index is 690. The van der Waals surface area contributed by atoms with Crippen molar-refractivity contribution in [3.05, 3.63) is 65.2 Å². The largest absolute Gasteiger partial charge is 0.482 e. The quantitative estimate of drug-likeness (QED) is 0.781. The van der Waals surface area contributed by atoms with Crippen molar-refractivity contribution in [2.75, 3.05) is 13.2 Å². The topological polar surface area (TPSA) is 64.6 Å². The van der Waals surface area contributed by atoms with E-state index in [-0.39, 0.29) is 19.3 Å². The van der Waals surface area contributed by atoms with Crippen molar-refractivity contribution in [3.8, 4) is 5.75 Å². The average molecular weight is 348 g/mol. The number of benzene rings is 2. The Morgan fingerprint density at radius 1 is 1.04 bits per heavy atom. The number of halogens is 1. The molecule has 6 heteroatoms. The highest BCUT2D eigenvalue weighted by Gasteiger charge is 2.14. The summed E-state index contributed by atoms with van der Waals surface area (Å²) in [5.74, 6) is -0.457. The maximum absolute atomic E-state index is 11.8. The van der Waals surface area contributed by atoms with Crippen LogP contribution < -0.4 is 10.1 Å². The summed E-state index contributed by atoms with van der Waals surface area (Å²) in [6.45, 7) is 1.18. The molecule has 0 aliphatic heterocycles. The fraction of sp³-hybridized carbons (Fsp3) is 0.222. The van der Waals surface area contributed by atoms with Gasteiger partial charge in [-0.3, -0.25) is 4.79 Å². The number of para-hydroxylation sites is 1. The predicted molar refractivity (Wildman–Crippen MR) is 90.9 cm³/mol. The van der Waals surface area contributed by atoms with Crippen LogP contribution in [-0.4, -0.2) is 25.1 Å². The molecule has 0 saturated carbocycles. The molecule has 1 N–H and O–H groups in total. The van der Waals surface area contributed by atoms with Crippen molar-refractivity contribution >= 4 is 23.5 Å². The van der Waals surface area contributed by atoms with Crippen molar-refractivity contribution in [1.29, 1.82) is 0 Å². The van der Waals surface area contributed by atoms with E-state index in [2.05, 4.69) is 5.32 Å². The second-order valence-electron chi connectivity index (χ2n) is 5.07. The molecule has 0 radical (unpaired) electrons. The molecule has 0 bridgehead atoms. The molecule has 1 amide bonds. The van der Waals surface area contributed by atoms with Crippen LogP contribution in [-0.2, 0) is 14.3 Å². The summed E-state index contributed by atoms with van der Waals surface area (Å²) in [5.41, 5.74) is 0.797. The Hall–Kier alpha value is -2.53. The number of carbonyl (C=O) groups is 2. The smallest absolute Gasteiger partial charge is 0.344 e. The Kier molecular flexibility index (Phi) is 6.63. The van der Waals surface area contributed by atoms with Gasteiger partial charge in [-0.15, -0.1) is 0 Å². The van der Waals surface area contributed by atoms with Gasteiger partial charge in [0.25, 0.3) is 5.91 Å². The Balaban J connectivity index is 1.72.